The summed E-state index contributed by atoms with van der Waals surface area (Å²) in [5.41, 5.74) is 6.92. The summed E-state index contributed by atoms with van der Waals surface area (Å²) >= 11 is 8.97. The summed E-state index contributed by atoms with van der Waals surface area (Å²) in [4.78, 5) is 15.8. The van der Waals surface area contributed by atoms with E-state index in [2.05, 4.69) is 4.98 Å². The van der Waals surface area contributed by atoms with Crippen molar-refractivity contribution >= 4 is 56.9 Å². The van der Waals surface area contributed by atoms with Crippen molar-refractivity contribution in [3.05, 3.63) is 52.1 Å². The number of phenols is 1. The fraction of sp³-hybridized carbons (Fsp3) is 0.105. The number of halogens is 1. The number of thiazole rings is 1. The Balaban J connectivity index is 1.90. The minimum Gasteiger partial charge on any atom is -0.504 e. The maximum Gasteiger partial charge on any atom is 0.259 e. The minimum atomic E-state index is -0.821. The first-order valence-electron chi connectivity index (χ1n) is 7.91. The topological polar surface area (TPSA) is 109 Å². The number of benzene rings is 2. The molecule has 0 unspecified atom stereocenters. The molecule has 2 aromatic carbocycles. The van der Waals surface area contributed by atoms with Crippen molar-refractivity contribution < 1.29 is 14.6 Å². The molecule has 0 aliphatic heterocycles. The van der Waals surface area contributed by atoms with E-state index in [1.54, 1.807) is 18.2 Å². The van der Waals surface area contributed by atoms with Gasteiger partial charge >= 0.3 is 0 Å². The molecule has 0 atom stereocenters. The van der Waals surface area contributed by atoms with E-state index in [4.69, 9.17) is 27.3 Å². The number of primary amides is 1. The first kappa shape index (κ1) is 20.0. The van der Waals surface area contributed by atoms with Crippen LogP contribution in [0.3, 0.4) is 0 Å². The van der Waals surface area contributed by atoms with Gasteiger partial charge < -0.3 is 15.6 Å². The zero-order chi connectivity index (χ0) is 20.3. The molecule has 3 N–H and O–H groups in total. The van der Waals surface area contributed by atoms with Gasteiger partial charge in [0.2, 0.25) is 0 Å². The normalized spacial score (nSPS) is 11.4. The SMILES string of the molecule is COc1cc(/C=C(/C#N)C(N)=O)cc(CSc2nc3cc(Cl)ccc3s2)c1O. The molecule has 28 heavy (non-hydrogen) atoms. The summed E-state index contributed by atoms with van der Waals surface area (Å²) in [5.74, 6) is -0.176. The molecule has 0 spiro atoms. The average Bonchev–Trinajstić information content (AvgIpc) is 3.07. The van der Waals surface area contributed by atoms with Crippen LogP contribution in [-0.4, -0.2) is 23.1 Å². The minimum absolute atomic E-state index is 0.00566. The Bertz CT molecular complexity index is 1140. The number of hydrogen-bond donors (Lipinski definition) is 2. The molecule has 0 bridgehead atoms. The molecule has 9 heteroatoms. The van der Waals surface area contributed by atoms with Crippen LogP contribution in [0, 0.1) is 11.3 Å². The number of nitrogens with zero attached hydrogens (tertiary/aromatic N) is 2. The summed E-state index contributed by atoms with van der Waals surface area (Å²) in [7, 11) is 1.43. The largest absolute Gasteiger partial charge is 0.504 e. The number of carbonyl (C=O) groups is 1. The van der Waals surface area contributed by atoms with Gasteiger partial charge in [0.15, 0.2) is 15.8 Å². The zero-order valence-electron chi connectivity index (χ0n) is 14.6. The van der Waals surface area contributed by atoms with Gasteiger partial charge in [0.05, 0.1) is 17.3 Å². The number of methoxy groups -OCH3 is 1. The predicted molar refractivity (Wildman–Crippen MR) is 112 cm³/mol. The molecule has 0 radical (unpaired) electrons. The number of amides is 1. The van der Waals surface area contributed by atoms with E-state index in [9.17, 15) is 9.90 Å². The third-order valence-electron chi connectivity index (χ3n) is 3.77. The lowest BCUT2D eigenvalue weighted by Gasteiger charge is -2.10. The van der Waals surface area contributed by atoms with E-state index in [-0.39, 0.29) is 17.1 Å². The van der Waals surface area contributed by atoms with Gasteiger partial charge in [-0.25, -0.2) is 4.98 Å². The van der Waals surface area contributed by atoms with E-state index in [1.807, 2.05) is 12.1 Å². The van der Waals surface area contributed by atoms with Gasteiger partial charge in [-0.3, -0.25) is 4.79 Å². The molecule has 0 saturated carbocycles. The molecule has 0 aliphatic carbocycles. The van der Waals surface area contributed by atoms with Crippen LogP contribution in [0.2, 0.25) is 5.02 Å². The number of nitrogens with two attached hydrogens (primary N) is 1. The lowest BCUT2D eigenvalue weighted by molar-refractivity contribution is -0.114. The quantitative estimate of drug-likeness (QED) is 0.341. The highest BCUT2D eigenvalue weighted by Crippen LogP contribution is 2.38. The van der Waals surface area contributed by atoms with Gasteiger partial charge in [-0.15, -0.1) is 11.3 Å². The maximum absolute atomic E-state index is 11.3. The number of nitriles is 1. The third kappa shape index (κ3) is 4.39. The molecule has 1 amide bonds. The summed E-state index contributed by atoms with van der Waals surface area (Å²) in [6.07, 6.45) is 1.36. The molecular weight excluding hydrogens is 418 g/mol. The van der Waals surface area contributed by atoms with Crippen molar-refractivity contribution in [3.8, 4) is 17.6 Å². The van der Waals surface area contributed by atoms with Gasteiger partial charge in [0.1, 0.15) is 11.6 Å². The molecule has 3 aromatic rings. The highest BCUT2D eigenvalue weighted by molar-refractivity contribution is 8.00. The second-order valence-corrected chi connectivity index (χ2v) is 8.34. The van der Waals surface area contributed by atoms with Gasteiger partial charge in [-0.05, 0) is 42.0 Å². The van der Waals surface area contributed by atoms with Crippen molar-refractivity contribution in [3.63, 3.8) is 0 Å². The van der Waals surface area contributed by atoms with Crippen molar-refractivity contribution in [2.45, 2.75) is 10.1 Å². The van der Waals surface area contributed by atoms with Crippen LogP contribution < -0.4 is 10.5 Å². The monoisotopic (exact) mass is 431 g/mol. The number of thioether (sulfide) groups is 1. The van der Waals surface area contributed by atoms with Crippen molar-refractivity contribution in [2.75, 3.05) is 7.11 Å². The summed E-state index contributed by atoms with van der Waals surface area (Å²) in [5, 5.41) is 20.1. The number of aromatic hydroxyl groups is 1. The van der Waals surface area contributed by atoms with Crippen molar-refractivity contribution in [1.29, 1.82) is 5.26 Å². The van der Waals surface area contributed by atoms with Crippen LogP contribution in [0.5, 0.6) is 11.5 Å². The number of fused-ring (bicyclic) bond motifs is 1. The fourth-order valence-electron chi connectivity index (χ4n) is 2.44. The molecule has 0 fully saturated rings. The van der Waals surface area contributed by atoms with Gasteiger partial charge in [0, 0.05) is 16.3 Å². The second-order valence-electron chi connectivity index (χ2n) is 5.65. The first-order chi connectivity index (χ1) is 13.4. The van der Waals surface area contributed by atoms with Crippen LogP contribution in [0.1, 0.15) is 11.1 Å². The lowest BCUT2D eigenvalue weighted by Crippen LogP contribution is -2.12. The maximum atomic E-state index is 11.3. The number of hydrogen-bond acceptors (Lipinski definition) is 7. The van der Waals surface area contributed by atoms with Crippen LogP contribution >= 0.6 is 34.7 Å². The molecule has 1 aromatic heterocycles. The summed E-state index contributed by atoms with van der Waals surface area (Å²) in [6.45, 7) is 0. The summed E-state index contributed by atoms with van der Waals surface area (Å²) < 4.78 is 7.04. The molecule has 142 valence electrons. The number of ether oxygens (including phenoxy) is 1. The molecule has 3 rings (SSSR count). The Labute approximate surface area is 174 Å². The Morgan fingerprint density at radius 1 is 1.46 bits per heavy atom. The number of carbonyl (C=O) groups excluding carboxylic acids is 1. The second kappa shape index (κ2) is 8.52. The molecular formula is C19H14ClN3O3S2. The lowest BCUT2D eigenvalue weighted by atomic mass is 10.1. The van der Waals surface area contributed by atoms with E-state index < -0.39 is 5.91 Å². The molecule has 1 heterocycles. The van der Waals surface area contributed by atoms with Crippen molar-refractivity contribution in [1.82, 2.24) is 4.98 Å². The smallest absolute Gasteiger partial charge is 0.259 e. The van der Waals surface area contributed by atoms with E-state index in [1.165, 1.54) is 42.4 Å². The number of rotatable bonds is 6. The van der Waals surface area contributed by atoms with E-state index in [0.717, 1.165) is 14.6 Å². The van der Waals surface area contributed by atoms with Crippen LogP contribution in [0.15, 0.2) is 40.2 Å². The Kier molecular flexibility index (Phi) is 6.09. The average molecular weight is 432 g/mol. The van der Waals surface area contributed by atoms with Gasteiger partial charge in [-0.1, -0.05) is 23.4 Å². The first-order valence-corrected chi connectivity index (χ1v) is 10.1. The van der Waals surface area contributed by atoms with Crippen LogP contribution in [0.25, 0.3) is 16.3 Å². The van der Waals surface area contributed by atoms with E-state index >= 15 is 0 Å². The Morgan fingerprint density at radius 2 is 2.25 bits per heavy atom. The number of phenolic OH excluding ortho intramolecular Hbond substituents is 1. The van der Waals surface area contributed by atoms with Gasteiger partial charge in [-0.2, -0.15) is 5.26 Å². The molecule has 0 aliphatic rings. The van der Waals surface area contributed by atoms with Gasteiger partial charge in [0.25, 0.3) is 5.91 Å². The zero-order valence-corrected chi connectivity index (χ0v) is 17.0. The van der Waals surface area contributed by atoms with Crippen LogP contribution in [0.4, 0.5) is 0 Å². The molecule has 6 nitrogen and oxygen atoms in total. The van der Waals surface area contributed by atoms with Crippen LogP contribution in [-0.2, 0) is 10.5 Å². The van der Waals surface area contributed by atoms with E-state index in [0.29, 0.717) is 21.9 Å². The van der Waals surface area contributed by atoms with Crippen molar-refractivity contribution in [2.24, 2.45) is 5.73 Å². The Hall–Kier alpha value is -2.73. The molecule has 0 saturated heterocycles. The summed E-state index contributed by atoms with van der Waals surface area (Å²) in [6, 6.07) is 10.5. The number of aromatic nitrogens is 1. The highest BCUT2D eigenvalue weighted by atomic mass is 35.5. The Morgan fingerprint density at radius 3 is 2.93 bits per heavy atom. The standard InChI is InChI=1S/C19H14ClN3O3S2/c1-26-15-6-10(4-11(8-21)18(22)25)5-12(17(15)24)9-27-19-23-14-7-13(20)2-3-16(14)28-19/h2-7,24H,9H2,1H3,(H2,22,25)/b11-4-. The predicted octanol–water partition coefficient (Wildman–Crippen LogP) is 4.35. The highest BCUT2D eigenvalue weighted by Gasteiger charge is 2.13. The third-order valence-corrected chi connectivity index (χ3v) is 6.24. The fourth-order valence-corrected chi connectivity index (χ4v) is 4.63.